The highest BCUT2D eigenvalue weighted by atomic mass is 32.2. The van der Waals surface area contributed by atoms with Crippen LogP contribution >= 0.6 is 0 Å². The molecule has 3 rings (SSSR count). The average molecular weight is 350 g/mol. The monoisotopic (exact) mass is 350 g/mol. The van der Waals surface area contributed by atoms with Crippen molar-refractivity contribution in [3.05, 3.63) is 54.3 Å². The number of benzene rings is 2. The number of morpholine rings is 1. The molecule has 6 nitrogen and oxygen atoms in total. The molecule has 0 aromatic heterocycles. The molecule has 0 radical (unpaired) electrons. The van der Waals surface area contributed by atoms with Crippen LogP contribution in [0.3, 0.4) is 0 Å². The fraction of sp³-hybridized carbons (Fsp3) is 0.188. The van der Waals surface area contributed by atoms with Crippen LogP contribution in [0.1, 0.15) is 0 Å². The Kier molecular flexibility index (Phi) is 4.50. The Morgan fingerprint density at radius 1 is 1.04 bits per heavy atom. The van der Waals surface area contributed by atoms with Crippen LogP contribution in [0.5, 0.6) is 0 Å². The number of ether oxygens (including phenoxy) is 1. The molecule has 0 aliphatic carbocycles. The molecule has 1 fully saturated rings. The van der Waals surface area contributed by atoms with Crippen LogP contribution in [0, 0.1) is 5.82 Å². The Labute approximate surface area is 138 Å². The zero-order chi connectivity index (χ0) is 17.2. The maximum absolute atomic E-state index is 12.9. The summed E-state index contributed by atoms with van der Waals surface area (Å²) in [4.78, 5) is 13.4. The Morgan fingerprint density at radius 2 is 1.71 bits per heavy atom. The third kappa shape index (κ3) is 3.55. The Morgan fingerprint density at radius 3 is 2.33 bits per heavy atom. The third-order valence-corrected chi connectivity index (χ3v) is 4.94. The first-order chi connectivity index (χ1) is 11.5. The van der Waals surface area contributed by atoms with E-state index in [1.54, 1.807) is 17.0 Å². The van der Waals surface area contributed by atoms with Gasteiger partial charge in [0.25, 0.3) is 15.9 Å². The number of sulfonamides is 1. The number of rotatable bonds is 4. The first-order valence-corrected chi connectivity index (χ1v) is 8.70. The summed E-state index contributed by atoms with van der Waals surface area (Å²) < 4.78 is 45.0. The quantitative estimate of drug-likeness (QED) is 0.915. The number of halogens is 1. The summed E-state index contributed by atoms with van der Waals surface area (Å²) >= 11 is 0. The Bertz CT molecular complexity index is 835. The van der Waals surface area contributed by atoms with Gasteiger partial charge in [-0.15, -0.1) is 0 Å². The van der Waals surface area contributed by atoms with E-state index >= 15 is 0 Å². The summed E-state index contributed by atoms with van der Waals surface area (Å²) in [5.41, 5.74) is 0.882. The molecule has 0 bridgehead atoms. The molecule has 0 atom stereocenters. The minimum absolute atomic E-state index is 0.0200. The fourth-order valence-corrected chi connectivity index (χ4v) is 3.39. The number of nitrogens with one attached hydrogen (secondary N) is 1. The Hall–Kier alpha value is -2.45. The average Bonchev–Trinajstić information content (AvgIpc) is 2.57. The van der Waals surface area contributed by atoms with Crippen molar-refractivity contribution in [1.82, 2.24) is 0 Å². The number of hydrogen-bond acceptors (Lipinski definition) is 4. The molecule has 1 N–H and O–H groups in total. The van der Waals surface area contributed by atoms with Crippen LogP contribution < -0.4 is 9.62 Å². The minimum Gasteiger partial charge on any atom is -0.370 e. The lowest BCUT2D eigenvalue weighted by atomic mass is 10.2. The molecule has 1 saturated heterocycles. The van der Waals surface area contributed by atoms with Crippen LogP contribution in [-0.4, -0.2) is 34.1 Å². The van der Waals surface area contributed by atoms with Gasteiger partial charge < -0.3 is 9.64 Å². The lowest BCUT2D eigenvalue weighted by Gasteiger charge is -2.26. The molecular formula is C16H15FN2O4S. The van der Waals surface area contributed by atoms with Crippen molar-refractivity contribution in [2.24, 2.45) is 0 Å². The van der Waals surface area contributed by atoms with E-state index in [0.717, 1.165) is 0 Å². The topological polar surface area (TPSA) is 75.7 Å². The van der Waals surface area contributed by atoms with E-state index in [-0.39, 0.29) is 23.1 Å². The zero-order valence-corrected chi connectivity index (χ0v) is 13.4. The molecule has 2 aromatic rings. The van der Waals surface area contributed by atoms with Gasteiger partial charge in [0, 0.05) is 17.9 Å². The normalized spacial score (nSPS) is 15.4. The number of nitrogens with zero attached hydrogens (tertiary/aromatic N) is 1. The highest BCUT2D eigenvalue weighted by Gasteiger charge is 2.21. The second-order valence-corrected chi connectivity index (χ2v) is 6.89. The molecule has 0 saturated carbocycles. The fourth-order valence-electron chi connectivity index (χ4n) is 2.33. The minimum atomic E-state index is -3.79. The number of carbonyl (C=O) groups is 1. The lowest BCUT2D eigenvalue weighted by Crippen LogP contribution is -2.41. The van der Waals surface area contributed by atoms with E-state index in [9.17, 15) is 17.6 Å². The highest BCUT2D eigenvalue weighted by Crippen LogP contribution is 2.21. The van der Waals surface area contributed by atoms with E-state index < -0.39 is 15.8 Å². The first-order valence-electron chi connectivity index (χ1n) is 7.22. The van der Waals surface area contributed by atoms with Crippen molar-refractivity contribution in [2.75, 3.05) is 29.4 Å². The van der Waals surface area contributed by atoms with Crippen molar-refractivity contribution >= 4 is 27.3 Å². The summed E-state index contributed by atoms with van der Waals surface area (Å²) in [7, 11) is -3.79. The summed E-state index contributed by atoms with van der Waals surface area (Å²) in [6.07, 6.45) is 0. The molecule has 0 unspecified atom stereocenters. The SMILES string of the molecule is O=C1COCCN1c1ccc(S(=O)(=O)Nc2ccc(F)cc2)cc1. The van der Waals surface area contributed by atoms with Crippen LogP contribution in [0.2, 0.25) is 0 Å². The van der Waals surface area contributed by atoms with Gasteiger partial charge >= 0.3 is 0 Å². The number of amides is 1. The van der Waals surface area contributed by atoms with Crippen LogP contribution in [0.15, 0.2) is 53.4 Å². The lowest BCUT2D eigenvalue weighted by molar-refractivity contribution is -0.125. The van der Waals surface area contributed by atoms with Gasteiger partial charge in [-0.25, -0.2) is 12.8 Å². The van der Waals surface area contributed by atoms with Crippen molar-refractivity contribution in [2.45, 2.75) is 4.90 Å². The molecular weight excluding hydrogens is 335 g/mol. The molecule has 1 amide bonds. The van der Waals surface area contributed by atoms with E-state index in [4.69, 9.17) is 4.74 Å². The van der Waals surface area contributed by atoms with Crippen LogP contribution in [0.25, 0.3) is 0 Å². The molecule has 2 aromatic carbocycles. The predicted molar refractivity (Wildman–Crippen MR) is 86.8 cm³/mol. The van der Waals surface area contributed by atoms with E-state index in [2.05, 4.69) is 4.72 Å². The van der Waals surface area contributed by atoms with Crippen molar-refractivity contribution in [3.8, 4) is 0 Å². The number of hydrogen-bond donors (Lipinski definition) is 1. The van der Waals surface area contributed by atoms with Gasteiger partial charge in [-0.05, 0) is 48.5 Å². The molecule has 8 heteroatoms. The van der Waals surface area contributed by atoms with E-state index in [1.807, 2.05) is 0 Å². The summed E-state index contributed by atoms with van der Waals surface area (Å²) in [5, 5.41) is 0. The molecule has 0 spiro atoms. The molecule has 1 heterocycles. The van der Waals surface area contributed by atoms with Crippen molar-refractivity contribution < 1.29 is 22.3 Å². The second-order valence-electron chi connectivity index (χ2n) is 5.20. The van der Waals surface area contributed by atoms with Gasteiger partial charge in [0.15, 0.2) is 0 Å². The molecule has 1 aliphatic heterocycles. The highest BCUT2D eigenvalue weighted by molar-refractivity contribution is 7.92. The third-order valence-electron chi connectivity index (χ3n) is 3.54. The van der Waals surface area contributed by atoms with Gasteiger partial charge in [-0.2, -0.15) is 0 Å². The van der Waals surface area contributed by atoms with Gasteiger partial charge in [-0.1, -0.05) is 0 Å². The maximum atomic E-state index is 12.9. The van der Waals surface area contributed by atoms with Crippen LogP contribution in [0.4, 0.5) is 15.8 Å². The largest absolute Gasteiger partial charge is 0.370 e. The number of anilines is 2. The summed E-state index contributed by atoms with van der Waals surface area (Å²) in [6, 6.07) is 11.0. The second kappa shape index (κ2) is 6.58. The standard InChI is InChI=1S/C16H15FN2O4S/c17-12-1-3-13(4-2-12)18-24(21,22)15-7-5-14(6-8-15)19-9-10-23-11-16(19)20/h1-8,18H,9-11H2. The Balaban J connectivity index is 1.78. The van der Waals surface area contributed by atoms with Gasteiger partial charge in [0.2, 0.25) is 0 Å². The number of carbonyl (C=O) groups excluding carboxylic acids is 1. The van der Waals surface area contributed by atoms with Gasteiger partial charge in [0.1, 0.15) is 12.4 Å². The molecule has 24 heavy (non-hydrogen) atoms. The van der Waals surface area contributed by atoms with Gasteiger partial charge in [-0.3, -0.25) is 9.52 Å². The van der Waals surface area contributed by atoms with Crippen molar-refractivity contribution in [3.63, 3.8) is 0 Å². The van der Waals surface area contributed by atoms with E-state index in [1.165, 1.54) is 36.4 Å². The summed E-state index contributed by atoms with van der Waals surface area (Å²) in [5.74, 6) is -0.612. The van der Waals surface area contributed by atoms with Gasteiger partial charge in [0.05, 0.1) is 11.5 Å². The smallest absolute Gasteiger partial charge is 0.261 e. The molecule has 1 aliphatic rings. The summed E-state index contributed by atoms with van der Waals surface area (Å²) in [6.45, 7) is 0.892. The molecule has 126 valence electrons. The predicted octanol–water partition coefficient (Wildman–Crippen LogP) is 1.99. The maximum Gasteiger partial charge on any atom is 0.261 e. The van der Waals surface area contributed by atoms with E-state index in [0.29, 0.717) is 18.8 Å². The van der Waals surface area contributed by atoms with Crippen molar-refractivity contribution in [1.29, 1.82) is 0 Å². The first kappa shape index (κ1) is 16.4. The zero-order valence-electron chi connectivity index (χ0n) is 12.6. The van der Waals surface area contributed by atoms with Crippen LogP contribution in [-0.2, 0) is 19.6 Å².